The second-order valence-corrected chi connectivity index (χ2v) is 5.84. The van der Waals surface area contributed by atoms with E-state index in [1.54, 1.807) is 13.0 Å². The van der Waals surface area contributed by atoms with E-state index < -0.39 is 0 Å². The number of carbonyl (C=O) groups excluding carboxylic acids is 2. The molecule has 1 aromatic rings. The zero-order chi connectivity index (χ0) is 16.8. The van der Waals surface area contributed by atoms with E-state index >= 15 is 0 Å². The van der Waals surface area contributed by atoms with Gasteiger partial charge in [-0.3, -0.25) is 14.5 Å². The van der Waals surface area contributed by atoms with Crippen LogP contribution in [0.5, 0.6) is 0 Å². The van der Waals surface area contributed by atoms with Crippen molar-refractivity contribution in [2.24, 2.45) is 0 Å². The maximum absolute atomic E-state index is 12.0. The predicted octanol–water partition coefficient (Wildman–Crippen LogP) is 1.70. The number of hydrogen-bond acceptors (Lipinski definition) is 4. The van der Waals surface area contributed by atoms with Crippen LogP contribution in [0.15, 0.2) is 36.9 Å². The third kappa shape index (κ3) is 4.42. The van der Waals surface area contributed by atoms with Crippen molar-refractivity contribution in [3.05, 3.63) is 42.5 Å². The first-order valence-corrected chi connectivity index (χ1v) is 8.01. The smallest absolute Gasteiger partial charge is 0.237 e. The molecule has 0 saturated carbocycles. The SMILES string of the molecule is C=CCNC(=O)C(C)N1CCN(c2ccc(C(C)=O)cc2)CC1. The Morgan fingerprint density at radius 1 is 1.22 bits per heavy atom. The van der Waals surface area contributed by atoms with Gasteiger partial charge in [0.25, 0.3) is 0 Å². The Balaban J connectivity index is 1.89. The lowest BCUT2D eigenvalue weighted by molar-refractivity contribution is -0.125. The average molecular weight is 315 g/mol. The van der Waals surface area contributed by atoms with Crippen molar-refractivity contribution in [1.82, 2.24) is 10.2 Å². The van der Waals surface area contributed by atoms with E-state index in [4.69, 9.17) is 0 Å². The largest absolute Gasteiger partial charge is 0.369 e. The van der Waals surface area contributed by atoms with Crippen LogP contribution in [-0.2, 0) is 4.79 Å². The summed E-state index contributed by atoms with van der Waals surface area (Å²) in [5.74, 6) is 0.130. The fourth-order valence-corrected chi connectivity index (χ4v) is 2.76. The average Bonchev–Trinajstić information content (AvgIpc) is 2.59. The van der Waals surface area contributed by atoms with Gasteiger partial charge >= 0.3 is 0 Å². The first kappa shape index (κ1) is 17.2. The minimum Gasteiger partial charge on any atom is -0.369 e. The molecule has 0 spiro atoms. The van der Waals surface area contributed by atoms with Crippen molar-refractivity contribution < 1.29 is 9.59 Å². The van der Waals surface area contributed by atoms with Gasteiger partial charge in [-0.15, -0.1) is 6.58 Å². The third-order valence-electron chi connectivity index (χ3n) is 4.30. The maximum atomic E-state index is 12.0. The number of Topliss-reactive ketones (excluding diaryl/α,β-unsaturated/α-hetero) is 1. The molecule has 5 heteroatoms. The summed E-state index contributed by atoms with van der Waals surface area (Å²) in [4.78, 5) is 27.8. The molecular formula is C18H25N3O2. The number of amides is 1. The van der Waals surface area contributed by atoms with Gasteiger partial charge in [0.15, 0.2) is 5.78 Å². The van der Waals surface area contributed by atoms with Crippen LogP contribution in [0, 0.1) is 0 Å². The molecule has 0 bridgehead atoms. The highest BCUT2D eigenvalue weighted by Crippen LogP contribution is 2.18. The van der Waals surface area contributed by atoms with Crippen molar-refractivity contribution in [2.45, 2.75) is 19.9 Å². The Kier molecular flexibility index (Phi) is 5.93. The summed E-state index contributed by atoms with van der Waals surface area (Å²) in [5.41, 5.74) is 1.86. The molecule has 1 amide bonds. The van der Waals surface area contributed by atoms with E-state index in [1.807, 2.05) is 31.2 Å². The number of benzene rings is 1. The number of anilines is 1. The highest BCUT2D eigenvalue weighted by atomic mass is 16.2. The monoisotopic (exact) mass is 315 g/mol. The minimum absolute atomic E-state index is 0.0455. The highest BCUT2D eigenvalue weighted by Gasteiger charge is 2.25. The van der Waals surface area contributed by atoms with Crippen LogP contribution in [0.25, 0.3) is 0 Å². The number of carbonyl (C=O) groups is 2. The van der Waals surface area contributed by atoms with Gasteiger partial charge in [-0.1, -0.05) is 6.08 Å². The van der Waals surface area contributed by atoms with Crippen LogP contribution in [0.2, 0.25) is 0 Å². The molecule has 1 aliphatic heterocycles. The normalized spacial score (nSPS) is 16.7. The molecule has 1 fully saturated rings. The lowest BCUT2D eigenvalue weighted by Gasteiger charge is -2.38. The molecule has 1 atom stereocenters. The van der Waals surface area contributed by atoms with E-state index in [9.17, 15) is 9.59 Å². The van der Waals surface area contributed by atoms with Crippen molar-refractivity contribution in [2.75, 3.05) is 37.6 Å². The van der Waals surface area contributed by atoms with Crippen LogP contribution in [0.3, 0.4) is 0 Å². The fourth-order valence-electron chi connectivity index (χ4n) is 2.76. The number of hydrogen-bond donors (Lipinski definition) is 1. The topological polar surface area (TPSA) is 52.7 Å². The number of piperazine rings is 1. The molecule has 124 valence electrons. The molecule has 1 N–H and O–H groups in total. The van der Waals surface area contributed by atoms with E-state index in [2.05, 4.69) is 21.7 Å². The molecule has 5 nitrogen and oxygen atoms in total. The summed E-state index contributed by atoms with van der Waals surface area (Å²) < 4.78 is 0. The Bertz CT molecular complexity index is 560. The van der Waals surface area contributed by atoms with Crippen LogP contribution in [0.1, 0.15) is 24.2 Å². The van der Waals surface area contributed by atoms with Crippen LogP contribution in [-0.4, -0.2) is 55.4 Å². The zero-order valence-corrected chi connectivity index (χ0v) is 13.9. The standard InChI is InChI=1S/C18H25N3O2/c1-4-9-19-18(23)14(2)20-10-12-21(13-11-20)17-7-5-16(6-8-17)15(3)22/h4-8,14H,1,9-13H2,2-3H3,(H,19,23). The molecule has 1 aromatic carbocycles. The van der Waals surface area contributed by atoms with Gasteiger partial charge < -0.3 is 10.2 Å². The van der Waals surface area contributed by atoms with Crippen LogP contribution >= 0.6 is 0 Å². The van der Waals surface area contributed by atoms with Gasteiger partial charge in [0.05, 0.1) is 6.04 Å². The zero-order valence-electron chi connectivity index (χ0n) is 13.9. The Labute approximate surface area is 138 Å². The minimum atomic E-state index is -0.128. The molecular weight excluding hydrogens is 290 g/mol. The van der Waals surface area contributed by atoms with Gasteiger partial charge in [-0.05, 0) is 38.1 Å². The Hall–Kier alpha value is -2.14. The third-order valence-corrected chi connectivity index (χ3v) is 4.30. The van der Waals surface area contributed by atoms with Crippen LogP contribution < -0.4 is 10.2 Å². The molecule has 1 heterocycles. The summed E-state index contributed by atoms with van der Waals surface area (Å²) in [6.07, 6.45) is 1.69. The lowest BCUT2D eigenvalue weighted by atomic mass is 10.1. The number of nitrogens with one attached hydrogen (secondary N) is 1. The Morgan fingerprint density at radius 3 is 2.35 bits per heavy atom. The summed E-state index contributed by atoms with van der Waals surface area (Å²) in [6.45, 7) is 11.1. The van der Waals surface area contributed by atoms with E-state index in [1.165, 1.54) is 0 Å². The number of nitrogens with zero attached hydrogens (tertiary/aromatic N) is 2. The number of ketones is 1. The van der Waals surface area contributed by atoms with Gasteiger partial charge in [0.2, 0.25) is 5.91 Å². The Morgan fingerprint density at radius 2 is 1.83 bits per heavy atom. The molecule has 0 aromatic heterocycles. The fraction of sp³-hybridized carbons (Fsp3) is 0.444. The predicted molar refractivity (Wildman–Crippen MR) is 92.9 cm³/mol. The van der Waals surface area contributed by atoms with E-state index in [-0.39, 0.29) is 17.7 Å². The van der Waals surface area contributed by atoms with E-state index in [0.717, 1.165) is 37.4 Å². The summed E-state index contributed by atoms with van der Waals surface area (Å²) in [5, 5.41) is 2.84. The van der Waals surface area contributed by atoms with Gasteiger partial charge in [-0.25, -0.2) is 0 Å². The lowest BCUT2D eigenvalue weighted by Crippen LogP contribution is -2.54. The molecule has 1 saturated heterocycles. The second-order valence-electron chi connectivity index (χ2n) is 5.84. The quantitative estimate of drug-likeness (QED) is 0.641. The highest BCUT2D eigenvalue weighted by molar-refractivity contribution is 5.94. The van der Waals surface area contributed by atoms with Gasteiger partial charge in [0.1, 0.15) is 0 Å². The number of rotatable bonds is 6. The maximum Gasteiger partial charge on any atom is 0.237 e. The molecule has 1 aliphatic rings. The molecule has 23 heavy (non-hydrogen) atoms. The molecule has 2 rings (SSSR count). The van der Waals surface area contributed by atoms with Gasteiger partial charge in [0, 0.05) is 44.0 Å². The molecule has 1 unspecified atom stereocenters. The van der Waals surface area contributed by atoms with Crippen molar-refractivity contribution in [3.63, 3.8) is 0 Å². The van der Waals surface area contributed by atoms with Crippen molar-refractivity contribution in [3.8, 4) is 0 Å². The molecule has 0 aliphatic carbocycles. The first-order chi connectivity index (χ1) is 11.0. The van der Waals surface area contributed by atoms with Crippen LogP contribution in [0.4, 0.5) is 5.69 Å². The molecule has 0 radical (unpaired) electrons. The summed E-state index contributed by atoms with van der Waals surface area (Å²) >= 11 is 0. The van der Waals surface area contributed by atoms with E-state index in [0.29, 0.717) is 6.54 Å². The first-order valence-electron chi connectivity index (χ1n) is 8.01. The summed E-state index contributed by atoms with van der Waals surface area (Å²) in [7, 11) is 0. The summed E-state index contributed by atoms with van der Waals surface area (Å²) in [6, 6.07) is 7.60. The van der Waals surface area contributed by atoms with Crippen molar-refractivity contribution in [1.29, 1.82) is 0 Å². The second kappa shape index (κ2) is 7.92. The van der Waals surface area contributed by atoms with Gasteiger partial charge in [-0.2, -0.15) is 0 Å². The van der Waals surface area contributed by atoms with Crippen molar-refractivity contribution >= 4 is 17.4 Å².